The number of hydrogen-bond donors (Lipinski definition) is 3. The Hall–Kier alpha value is -4.07. The summed E-state index contributed by atoms with van der Waals surface area (Å²) in [4.78, 5) is 19.6. The predicted molar refractivity (Wildman–Crippen MR) is 148 cm³/mol. The van der Waals surface area contributed by atoms with Crippen molar-refractivity contribution in [3.8, 4) is 0 Å². The Labute approximate surface area is 218 Å². The Balaban J connectivity index is 1.27. The number of rotatable bonds is 8. The van der Waals surface area contributed by atoms with Gasteiger partial charge in [0.2, 0.25) is 0 Å². The highest BCUT2D eigenvalue weighted by molar-refractivity contribution is 5.89. The molecule has 1 unspecified atom stereocenters. The molecule has 0 bridgehead atoms. The van der Waals surface area contributed by atoms with Crippen LogP contribution in [0.1, 0.15) is 43.7 Å². The second kappa shape index (κ2) is 11.3. The van der Waals surface area contributed by atoms with Crippen molar-refractivity contribution in [1.29, 1.82) is 0 Å². The minimum absolute atomic E-state index is 0.0522. The van der Waals surface area contributed by atoms with Crippen molar-refractivity contribution in [2.24, 2.45) is 5.92 Å². The first-order chi connectivity index (χ1) is 18.1. The highest BCUT2D eigenvalue weighted by Crippen LogP contribution is 2.25. The lowest BCUT2D eigenvalue weighted by molar-refractivity contribution is 0.180. The highest BCUT2D eigenvalue weighted by atomic mass is 16.2. The molecule has 1 fully saturated rings. The fourth-order valence-electron chi connectivity index (χ4n) is 4.73. The van der Waals surface area contributed by atoms with E-state index in [0.29, 0.717) is 24.9 Å². The number of aromatic nitrogens is 3. The van der Waals surface area contributed by atoms with Crippen molar-refractivity contribution in [3.05, 3.63) is 84.1 Å². The summed E-state index contributed by atoms with van der Waals surface area (Å²) < 4.78 is 1.89. The second-order valence-corrected chi connectivity index (χ2v) is 9.91. The van der Waals surface area contributed by atoms with Crippen LogP contribution in [0.2, 0.25) is 0 Å². The van der Waals surface area contributed by atoms with E-state index >= 15 is 0 Å². The van der Waals surface area contributed by atoms with Crippen LogP contribution in [0.3, 0.4) is 0 Å². The summed E-state index contributed by atoms with van der Waals surface area (Å²) in [5.74, 6) is 2.37. The molecular formula is C29H34N7O. The van der Waals surface area contributed by atoms with E-state index in [0.717, 1.165) is 54.5 Å². The van der Waals surface area contributed by atoms with Crippen LogP contribution in [-0.2, 0) is 6.54 Å². The van der Waals surface area contributed by atoms with Gasteiger partial charge in [-0.15, -0.1) is 0 Å². The molecule has 1 saturated heterocycles. The number of urea groups is 1. The van der Waals surface area contributed by atoms with Crippen LogP contribution in [0.25, 0.3) is 5.65 Å². The molecule has 0 spiro atoms. The highest BCUT2D eigenvalue weighted by Gasteiger charge is 2.24. The molecule has 8 nitrogen and oxygen atoms in total. The molecule has 4 aromatic rings. The van der Waals surface area contributed by atoms with Crippen LogP contribution in [0.15, 0.2) is 66.9 Å². The average Bonchev–Trinajstić information content (AvgIpc) is 3.36. The maximum Gasteiger partial charge on any atom is 0.321 e. The van der Waals surface area contributed by atoms with Gasteiger partial charge in [0.05, 0.1) is 6.20 Å². The van der Waals surface area contributed by atoms with Gasteiger partial charge in [-0.2, -0.15) is 9.61 Å². The molecule has 191 valence electrons. The van der Waals surface area contributed by atoms with Crippen LogP contribution in [0.4, 0.5) is 22.1 Å². The van der Waals surface area contributed by atoms with Crippen LogP contribution in [-0.4, -0.2) is 45.2 Å². The zero-order valence-electron chi connectivity index (χ0n) is 21.4. The van der Waals surface area contributed by atoms with Crippen molar-refractivity contribution in [2.75, 3.05) is 35.6 Å². The molecule has 3 heterocycles. The maximum absolute atomic E-state index is 12.8. The first kappa shape index (κ1) is 24.6. The molecule has 2 aromatic heterocycles. The number of carbonyl (C=O) groups is 1. The summed E-state index contributed by atoms with van der Waals surface area (Å²) in [5.41, 5.74) is 3.97. The summed E-state index contributed by atoms with van der Waals surface area (Å²) in [6.45, 7) is 7.24. The van der Waals surface area contributed by atoms with E-state index in [1.807, 2.05) is 52.0 Å². The van der Waals surface area contributed by atoms with Crippen LogP contribution in [0.5, 0.6) is 0 Å². The lowest BCUT2D eigenvalue weighted by Gasteiger charge is -2.33. The summed E-state index contributed by atoms with van der Waals surface area (Å²) in [6, 6.07) is 22.6. The predicted octanol–water partition coefficient (Wildman–Crippen LogP) is 5.62. The zero-order chi connectivity index (χ0) is 25.6. The largest absolute Gasteiger partial charge is 0.370 e. The number of amides is 2. The number of anilines is 3. The van der Waals surface area contributed by atoms with Gasteiger partial charge in [0.1, 0.15) is 11.6 Å². The van der Waals surface area contributed by atoms with E-state index in [-0.39, 0.29) is 6.03 Å². The summed E-state index contributed by atoms with van der Waals surface area (Å²) in [5, 5.41) is 14.7. The number of hydrogen-bond acceptors (Lipinski definition) is 5. The molecule has 37 heavy (non-hydrogen) atoms. The lowest BCUT2D eigenvalue weighted by atomic mass is 9.98. The number of likely N-dealkylation sites (tertiary alicyclic amines) is 1. The van der Waals surface area contributed by atoms with Crippen LogP contribution >= 0.6 is 0 Å². The number of nitrogens with zero attached hydrogens (tertiary/aromatic N) is 4. The quantitative estimate of drug-likeness (QED) is 0.295. The third-order valence-electron chi connectivity index (χ3n) is 6.79. The molecule has 8 heteroatoms. The Morgan fingerprint density at radius 3 is 2.73 bits per heavy atom. The number of carbonyl (C=O) groups excluding carboxylic acids is 1. The van der Waals surface area contributed by atoms with Gasteiger partial charge in [-0.3, -0.25) is 0 Å². The molecular weight excluding hydrogens is 462 g/mol. The van der Waals surface area contributed by atoms with E-state index < -0.39 is 0 Å². The second-order valence-electron chi connectivity index (χ2n) is 9.91. The third kappa shape index (κ3) is 6.02. The van der Waals surface area contributed by atoms with Gasteiger partial charge < -0.3 is 20.9 Å². The molecule has 3 N–H and O–H groups in total. The zero-order valence-corrected chi connectivity index (χ0v) is 21.4. The molecule has 0 aliphatic carbocycles. The van der Waals surface area contributed by atoms with Crippen molar-refractivity contribution in [3.63, 3.8) is 0 Å². The molecule has 1 aliphatic rings. The van der Waals surface area contributed by atoms with Gasteiger partial charge in [0.25, 0.3) is 0 Å². The lowest BCUT2D eigenvalue weighted by Crippen LogP contribution is -2.43. The fraction of sp³-hybridized carbons (Fsp3) is 0.345. The Kier molecular flexibility index (Phi) is 7.54. The number of fused-ring (bicyclic) bond motifs is 1. The standard InChI is InChI=1S/C29H34N7O/c1-21(2)25-19-32-36-27(31-17-22-10-5-3-6-11-22)16-26(34-28(25)36)30-18-23-12-9-15-35(20-23)29(37)33-24-13-7-4-8-14-24/h3,5-8,10-11,13-14,16,19,21,23,31H,9,12,15,17-18,20H2,1-2H3,(H,30,34)(H,33,37). The van der Waals surface area contributed by atoms with Crippen molar-refractivity contribution in [2.45, 2.75) is 39.2 Å². The van der Waals surface area contributed by atoms with E-state index in [1.54, 1.807) is 12.1 Å². The Morgan fingerprint density at radius 1 is 1.14 bits per heavy atom. The Bertz CT molecular complexity index is 1320. The van der Waals surface area contributed by atoms with Gasteiger partial charge >= 0.3 is 6.03 Å². The Morgan fingerprint density at radius 2 is 1.95 bits per heavy atom. The van der Waals surface area contributed by atoms with Crippen molar-refractivity contribution in [1.82, 2.24) is 19.5 Å². The van der Waals surface area contributed by atoms with Crippen LogP contribution in [0, 0.1) is 12.0 Å². The van der Waals surface area contributed by atoms with Gasteiger partial charge in [0, 0.05) is 43.5 Å². The van der Waals surface area contributed by atoms with E-state index in [9.17, 15) is 4.79 Å². The molecule has 2 amide bonds. The van der Waals surface area contributed by atoms with E-state index in [4.69, 9.17) is 4.98 Å². The van der Waals surface area contributed by atoms with Crippen LogP contribution < -0.4 is 16.0 Å². The van der Waals surface area contributed by atoms with E-state index in [1.165, 1.54) is 5.56 Å². The first-order valence-electron chi connectivity index (χ1n) is 13.0. The van der Waals surface area contributed by atoms with Gasteiger partial charge in [-0.05, 0) is 48.4 Å². The summed E-state index contributed by atoms with van der Waals surface area (Å²) >= 11 is 0. The molecule has 1 atom stereocenters. The molecule has 1 radical (unpaired) electrons. The van der Waals surface area contributed by atoms with Gasteiger partial charge in [-0.25, -0.2) is 9.78 Å². The molecule has 2 aromatic carbocycles. The molecule has 1 aliphatic heterocycles. The monoisotopic (exact) mass is 496 g/mol. The number of nitrogens with one attached hydrogen (secondary N) is 3. The van der Waals surface area contributed by atoms with Crippen molar-refractivity contribution >= 4 is 29.0 Å². The fourth-order valence-corrected chi connectivity index (χ4v) is 4.73. The normalized spacial score (nSPS) is 15.6. The number of piperidine rings is 1. The summed E-state index contributed by atoms with van der Waals surface area (Å²) in [6.07, 6.45) is 3.97. The number of benzene rings is 2. The van der Waals surface area contributed by atoms with Gasteiger partial charge in [-0.1, -0.05) is 56.3 Å². The summed E-state index contributed by atoms with van der Waals surface area (Å²) in [7, 11) is 0. The molecule has 5 rings (SSSR count). The van der Waals surface area contributed by atoms with Gasteiger partial charge in [0.15, 0.2) is 5.65 Å². The first-order valence-corrected chi connectivity index (χ1v) is 13.0. The SMILES string of the molecule is CC(C)c1cnn2c(NCc3ccccc3)cc(NCC3CCCN(C(=O)Nc4cc[c]cc4)C3)nc12. The minimum atomic E-state index is -0.0522. The smallest absolute Gasteiger partial charge is 0.321 e. The molecule has 0 saturated carbocycles. The van der Waals surface area contributed by atoms with E-state index in [2.05, 4.69) is 53.1 Å². The third-order valence-corrected chi connectivity index (χ3v) is 6.79. The average molecular weight is 497 g/mol. The van der Waals surface area contributed by atoms with Crippen molar-refractivity contribution < 1.29 is 4.79 Å². The topological polar surface area (TPSA) is 86.6 Å². The maximum atomic E-state index is 12.8. The minimum Gasteiger partial charge on any atom is -0.370 e.